The molecule has 0 radical (unpaired) electrons. The number of aryl methyl sites for hydroxylation is 1. The maximum atomic E-state index is 11.7. The molecule has 0 saturated heterocycles. The van der Waals surface area contributed by atoms with Crippen LogP contribution in [0.4, 0.5) is 0 Å². The van der Waals surface area contributed by atoms with Gasteiger partial charge in [0.2, 0.25) is 0 Å². The minimum absolute atomic E-state index is 0.349. The van der Waals surface area contributed by atoms with Crippen LogP contribution >= 0.6 is 0 Å². The number of carboxylic acid groups (broad SMARTS) is 1. The molecule has 0 aliphatic rings. The van der Waals surface area contributed by atoms with E-state index < -0.39 is 17.9 Å². The third-order valence-corrected chi connectivity index (χ3v) is 2.23. The summed E-state index contributed by atoms with van der Waals surface area (Å²) in [5.41, 5.74) is 0.349. The molecule has 1 aromatic rings. The highest BCUT2D eigenvalue weighted by atomic mass is 16.4. The van der Waals surface area contributed by atoms with Gasteiger partial charge < -0.3 is 10.4 Å². The molecule has 0 aromatic carbocycles. The fraction of sp³-hybridized carbons (Fsp3) is 0.500. The number of hydrogen-bond donors (Lipinski definition) is 2. The van der Waals surface area contributed by atoms with Crippen molar-refractivity contribution in [2.24, 2.45) is 7.05 Å². The molecule has 6 nitrogen and oxygen atoms in total. The number of hydrogen-bond acceptors (Lipinski definition) is 3. The Balaban J connectivity index is 2.69. The predicted octanol–water partition coefficient (Wildman–Crippen LogP) is 0.403. The molecule has 0 spiro atoms. The van der Waals surface area contributed by atoms with Crippen LogP contribution in [0.15, 0.2) is 12.3 Å². The van der Waals surface area contributed by atoms with Gasteiger partial charge in [-0.25, -0.2) is 4.79 Å². The lowest BCUT2D eigenvalue weighted by Gasteiger charge is -2.13. The van der Waals surface area contributed by atoms with E-state index in [2.05, 4.69) is 10.4 Å². The predicted molar refractivity (Wildman–Crippen MR) is 57.0 cm³/mol. The number of amides is 1. The van der Waals surface area contributed by atoms with Gasteiger partial charge in [0.05, 0.1) is 0 Å². The third kappa shape index (κ3) is 2.82. The maximum absolute atomic E-state index is 11.7. The summed E-state index contributed by atoms with van der Waals surface area (Å²) >= 11 is 0. The maximum Gasteiger partial charge on any atom is 0.326 e. The van der Waals surface area contributed by atoms with Crippen LogP contribution in [0.5, 0.6) is 0 Å². The molecule has 1 rings (SSSR count). The Labute approximate surface area is 93.3 Å². The van der Waals surface area contributed by atoms with Crippen molar-refractivity contribution in [1.29, 1.82) is 0 Å². The summed E-state index contributed by atoms with van der Waals surface area (Å²) in [5.74, 6) is -1.43. The van der Waals surface area contributed by atoms with Gasteiger partial charge in [0, 0.05) is 13.2 Å². The number of nitrogens with zero attached hydrogens (tertiary/aromatic N) is 2. The van der Waals surface area contributed by atoms with Crippen LogP contribution in [0.2, 0.25) is 0 Å². The van der Waals surface area contributed by atoms with E-state index in [9.17, 15) is 9.59 Å². The molecule has 1 atom stereocenters. The number of carboxylic acids is 1. The minimum Gasteiger partial charge on any atom is -0.480 e. The van der Waals surface area contributed by atoms with Crippen LogP contribution in [0.3, 0.4) is 0 Å². The smallest absolute Gasteiger partial charge is 0.326 e. The fourth-order valence-corrected chi connectivity index (χ4v) is 1.37. The van der Waals surface area contributed by atoms with Crippen molar-refractivity contribution in [2.45, 2.75) is 25.8 Å². The van der Waals surface area contributed by atoms with Gasteiger partial charge >= 0.3 is 5.97 Å². The number of rotatable bonds is 5. The molecule has 0 fully saturated rings. The van der Waals surface area contributed by atoms with E-state index >= 15 is 0 Å². The van der Waals surface area contributed by atoms with Gasteiger partial charge in [0.25, 0.3) is 5.91 Å². The van der Waals surface area contributed by atoms with E-state index in [0.717, 1.165) is 0 Å². The van der Waals surface area contributed by atoms with Gasteiger partial charge in [-0.3, -0.25) is 9.48 Å². The Morgan fingerprint density at radius 1 is 1.62 bits per heavy atom. The van der Waals surface area contributed by atoms with Crippen molar-refractivity contribution < 1.29 is 14.7 Å². The highest BCUT2D eigenvalue weighted by Crippen LogP contribution is 2.01. The zero-order valence-corrected chi connectivity index (χ0v) is 9.30. The molecular weight excluding hydrogens is 210 g/mol. The molecule has 6 heteroatoms. The van der Waals surface area contributed by atoms with Gasteiger partial charge in [-0.1, -0.05) is 13.3 Å². The third-order valence-electron chi connectivity index (χ3n) is 2.23. The average molecular weight is 225 g/mol. The standard InChI is InChI=1S/C10H15N3O3/c1-3-4-7(10(15)16)12-9(14)8-5-6-11-13(8)2/h5-7H,3-4H2,1-2H3,(H,12,14)(H,15,16)/t7-/m0/s1. The van der Waals surface area contributed by atoms with Gasteiger partial charge in [-0.15, -0.1) is 0 Å². The molecule has 16 heavy (non-hydrogen) atoms. The highest BCUT2D eigenvalue weighted by Gasteiger charge is 2.20. The summed E-state index contributed by atoms with van der Waals surface area (Å²) < 4.78 is 1.40. The number of nitrogens with one attached hydrogen (secondary N) is 1. The molecule has 1 aromatic heterocycles. The number of carbonyl (C=O) groups is 2. The zero-order valence-electron chi connectivity index (χ0n) is 9.30. The Morgan fingerprint density at radius 2 is 2.31 bits per heavy atom. The molecule has 0 bridgehead atoms. The Morgan fingerprint density at radius 3 is 2.75 bits per heavy atom. The van der Waals surface area contributed by atoms with Gasteiger partial charge in [-0.2, -0.15) is 5.10 Å². The fourth-order valence-electron chi connectivity index (χ4n) is 1.37. The Bertz CT molecular complexity index is 386. The van der Waals surface area contributed by atoms with Crippen molar-refractivity contribution in [1.82, 2.24) is 15.1 Å². The summed E-state index contributed by atoms with van der Waals surface area (Å²) in [4.78, 5) is 22.5. The van der Waals surface area contributed by atoms with Crippen LogP contribution in [0.1, 0.15) is 30.3 Å². The van der Waals surface area contributed by atoms with Crippen molar-refractivity contribution >= 4 is 11.9 Å². The van der Waals surface area contributed by atoms with Crippen molar-refractivity contribution in [3.63, 3.8) is 0 Å². The second-order valence-corrected chi connectivity index (χ2v) is 3.49. The van der Waals surface area contributed by atoms with E-state index in [1.54, 1.807) is 13.1 Å². The first-order chi connectivity index (χ1) is 7.56. The monoisotopic (exact) mass is 225 g/mol. The summed E-state index contributed by atoms with van der Waals surface area (Å²) in [5, 5.41) is 15.2. The molecule has 0 unspecified atom stereocenters. The van der Waals surface area contributed by atoms with Crippen molar-refractivity contribution in [3.05, 3.63) is 18.0 Å². The van der Waals surface area contributed by atoms with Gasteiger partial charge in [0.15, 0.2) is 0 Å². The second kappa shape index (κ2) is 5.29. The lowest BCUT2D eigenvalue weighted by Crippen LogP contribution is -2.41. The molecule has 88 valence electrons. The van der Waals surface area contributed by atoms with E-state index in [1.807, 2.05) is 6.92 Å². The van der Waals surface area contributed by atoms with Crippen LogP contribution in [0, 0.1) is 0 Å². The summed E-state index contributed by atoms with van der Waals surface area (Å²) in [7, 11) is 1.63. The van der Waals surface area contributed by atoms with Crippen LogP contribution in [-0.2, 0) is 11.8 Å². The van der Waals surface area contributed by atoms with Crippen LogP contribution < -0.4 is 5.32 Å². The zero-order chi connectivity index (χ0) is 12.1. The van der Waals surface area contributed by atoms with Crippen molar-refractivity contribution in [3.8, 4) is 0 Å². The first-order valence-corrected chi connectivity index (χ1v) is 5.08. The second-order valence-electron chi connectivity index (χ2n) is 3.49. The lowest BCUT2D eigenvalue weighted by molar-refractivity contribution is -0.139. The van der Waals surface area contributed by atoms with Crippen LogP contribution in [-0.4, -0.2) is 32.8 Å². The summed E-state index contributed by atoms with van der Waals surface area (Å²) in [6.07, 6.45) is 2.60. The SMILES string of the molecule is CCC[C@H](NC(=O)c1ccnn1C)C(=O)O. The molecule has 1 amide bonds. The van der Waals surface area contributed by atoms with Crippen molar-refractivity contribution in [2.75, 3.05) is 0 Å². The number of aromatic nitrogens is 2. The summed E-state index contributed by atoms with van der Waals surface area (Å²) in [6.45, 7) is 1.87. The topological polar surface area (TPSA) is 84.2 Å². The summed E-state index contributed by atoms with van der Waals surface area (Å²) in [6, 6.07) is 0.701. The van der Waals surface area contributed by atoms with Crippen LogP contribution in [0.25, 0.3) is 0 Å². The molecule has 0 aliphatic heterocycles. The highest BCUT2D eigenvalue weighted by molar-refractivity contribution is 5.95. The average Bonchev–Trinajstić information content (AvgIpc) is 2.63. The molecular formula is C10H15N3O3. The first kappa shape index (κ1) is 12.2. The number of carbonyl (C=O) groups excluding carboxylic acids is 1. The molecule has 0 saturated carbocycles. The van der Waals surface area contributed by atoms with E-state index in [-0.39, 0.29) is 0 Å². The Hall–Kier alpha value is -1.85. The minimum atomic E-state index is -1.02. The molecule has 0 aliphatic carbocycles. The normalized spacial score (nSPS) is 12.1. The quantitative estimate of drug-likeness (QED) is 0.759. The van der Waals surface area contributed by atoms with E-state index in [0.29, 0.717) is 18.5 Å². The molecule has 2 N–H and O–H groups in total. The lowest BCUT2D eigenvalue weighted by atomic mass is 10.1. The first-order valence-electron chi connectivity index (χ1n) is 5.08. The van der Waals surface area contributed by atoms with E-state index in [1.165, 1.54) is 10.9 Å². The Kier molecular flexibility index (Phi) is 4.04. The van der Waals surface area contributed by atoms with Gasteiger partial charge in [0.1, 0.15) is 11.7 Å². The number of aliphatic carboxylic acids is 1. The molecule has 1 heterocycles. The largest absolute Gasteiger partial charge is 0.480 e. The van der Waals surface area contributed by atoms with Gasteiger partial charge in [-0.05, 0) is 12.5 Å². The van der Waals surface area contributed by atoms with E-state index in [4.69, 9.17) is 5.11 Å².